The van der Waals surface area contributed by atoms with Crippen molar-refractivity contribution < 1.29 is 9.90 Å². The highest BCUT2D eigenvalue weighted by atomic mass is 16.3. The number of carbonyl (C=O) groups excluding carboxylic acids is 1. The van der Waals surface area contributed by atoms with Crippen LogP contribution in [0.25, 0.3) is 0 Å². The van der Waals surface area contributed by atoms with E-state index in [-0.39, 0.29) is 22.7 Å². The maximum absolute atomic E-state index is 11.7. The van der Waals surface area contributed by atoms with Crippen molar-refractivity contribution in [3.63, 3.8) is 0 Å². The third-order valence-electron chi connectivity index (χ3n) is 6.99. The average molecular weight is 284 g/mol. The Kier molecular flexibility index (Phi) is 2.70. The summed E-state index contributed by atoms with van der Waals surface area (Å²) in [6, 6.07) is 0. The van der Waals surface area contributed by atoms with Gasteiger partial charge < -0.3 is 5.11 Å². The molecule has 2 heteroatoms. The smallest absolute Gasteiger partial charge is 0.156 e. The molecule has 6 atom stereocenters. The molecule has 0 amide bonds. The lowest BCUT2D eigenvalue weighted by Gasteiger charge is -2.55. The molecule has 0 saturated heterocycles. The Morgan fingerprint density at radius 3 is 2.81 bits per heavy atom. The highest BCUT2D eigenvalue weighted by Gasteiger charge is 2.56. The van der Waals surface area contributed by atoms with Gasteiger partial charge in [-0.3, -0.25) is 4.79 Å². The van der Waals surface area contributed by atoms with E-state index in [1.807, 2.05) is 12.2 Å². The lowest BCUT2D eigenvalue weighted by Crippen LogP contribution is -2.50. The van der Waals surface area contributed by atoms with Crippen LogP contribution in [-0.4, -0.2) is 17.0 Å². The lowest BCUT2D eigenvalue weighted by atomic mass is 9.49. The number of rotatable bonds is 0. The number of aliphatic hydroxyl groups is 1. The van der Waals surface area contributed by atoms with E-state index in [2.05, 4.69) is 32.1 Å². The molecule has 21 heavy (non-hydrogen) atoms. The Hall–Kier alpha value is -1.15. The summed E-state index contributed by atoms with van der Waals surface area (Å²) in [6.07, 6.45) is 14.3. The summed E-state index contributed by atoms with van der Waals surface area (Å²) in [5.74, 6) is 1.84. The predicted molar refractivity (Wildman–Crippen MR) is 82.5 cm³/mol. The zero-order chi connectivity index (χ0) is 14.8. The van der Waals surface area contributed by atoms with Crippen molar-refractivity contribution in [3.8, 4) is 0 Å². The molecular formula is C19H24O2. The van der Waals surface area contributed by atoms with Crippen molar-refractivity contribution in [2.45, 2.75) is 45.6 Å². The second-order valence-corrected chi connectivity index (χ2v) is 7.93. The van der Waals surface area contributed by atoms with Gasteiger partial charge in [0.15, 0.2) is 5.78 Å². The first kappa shape index (κ1) is 13.5. The van der Waals surface area contributed by atoms with E-state index < -0.39 is 0 Å². The van der Waals surface area contributed by atoms with Crippen molar-refractivity contribution in [3.05, 3.63) is 36.0 Å². The van der Waals surface area contributed by atoms with Crippen molar-refractivity contribution in [2.24, 2.45) is 28.6 Å². The van der Waals surface area contributed by atoms with E-state index in [0.717, 1.165) is 19.3 Å². The fourth-order valence-electron chi connectivity index (χ4n) is 5.44. The third-order valence-corrected chi connectivity index (χ3v) is 6.99. The van der Waals surface area contributed by atoms with Gasteiger partial charge in [0.1, 0.15) is 0 Å². The number of aliphatic hydroxyl groups excluding tert-OH is 1. The predicted octanol–water partition coefficient (Wildman–Crippen LogP) is 3.43. The Morgan fingerprint density at radius 2 is 2.00 bits per heavy atom. The lowest BCUT2D eigenvalue weighted by molar-refractivity contribution is -0.116. The second kappa shape index (κ2) is 4.19. The molecule has 4 rings (SSSR count). The van der Waals surface area contributed by atoms with Gasteiger partial charge >= 0.3 is 0 Å². The number of hydrogen-bond donors (Lipinski definition) is 1. The molecule has 0 bridgehead atoms. The molecule has 0 heterocycles. The fourth-order valence-corrected chi connectivity index (χ4v) is 5.44. The molecule has 0 radical (unpaired) electrons. The van der Waals surface area contributed by atoms with E-state index in [0.29, 0.717) is 24.2 Å². The van der Waals surface area contributed by atoms with Crippen LogP contribution in [0, 0.1) is 28.6 Å². The molecule has 0 aromatic rings. The molecule has 0 aliphatic heterocycles. The Morgan fingerprint density at radius 1 is 1.19 bits per heavy atom. The van der Waals surface area contributed by atoms with Crippen LogP contribution < -0.4 is 0 Å². The Balaban J connectivity index is 1.77. The summed E-state index contributed by atoms with van der Waals surface area (Å²) in [6.45, 7) is 4.59. The highest BCUT2D eigenvalue weighted by molar-refractivity contribution is 5.92. The SMILES string of the molecule is C[C@]12CC[C@H]3[C@@H](C=CC4=CC(=O)CC[C@@]43C)[C@@H]1C=C[C@@H]2O. The number of allylic oxidation sites excluding steroid dienone is 5. The van der Waals surface area contributed by atoms with Gasteiger partial charge in [-0.05, 0) is 54.1 Å². The van der Waals surface area contributed by atoms with Crippen LogP contribution >= 0.6 is 0 Å². The quantitative estimate of drug-likeness (QED) is 0.692. The summed E-state index contributed by atoms with van der Waals surface area (Å²) >= 11 is 0. The summed E-state index contributed by atoms with van der Waals surface area (Å²) in [5.41, 5.74) is 1.40. The molecule has 1 N–H and O–H groups in total. The second-order valence-electron chi connectivity index (χ2n) is 7.93. The van der Waals surface area contributed by atoms with Crippen molar-refractivity contribution in [2.75, 3.05) is 0 Å². The molecule has 1 saturated carbocycles. The molecule has 2 nitrogen and oxygen atoms in total. The van der Waals surface area contributed by atoms with E-state index >= 15 is 0 Å². The third kappa shape index (κ3) is 1.66. The average Bonchev–Trinajstić information content (AvgIpc) is 2.76. The van der Waals surface area contributed by atoms with Crippen LogP contribution in [0.3, 0.4) is 0 Å². The number of ketones is 1. The number of fused-ring (bicyclic) bond motifs is 5. The van der Waals surface area contributed by atoms with Crippen molar-refractivity contribution in [1.82, 2.24) is 0 Å². The minimum Gasteiger partial charge on any atom is -0.388 e. The van der Waals surface area contributed by atoms with E-state index in [9.17, 15) is 9.90 Å². The van der Waals surface area contributed by atoms with Gasteiger partial charge in [0.05, 0.1) is 6.10 Å². The van der Waals surface area contributed by atoms with Gasteiger partial charge in [-0.25, -0.2) is 0 Å². The molecule has 112 valence electrons. The van der Waals surface area contributed by atoms with Crippen LogP contribution in [0.5, 0.6) is 0 Å². The van der Waals surface area contributed by atoms with E-state index in [1.165, 1.54) is 5.57 Å². The molecule has 0 spiro atoms. The standard InChI is InChI=1S/C19H24O2/c1-18-9-7-13(20)11-12(18)3-4-14-15-5-6-17(21)19(15,2)10-8-16(14)18/h3-6,11,14-17,21H,7-10H2,1-2H3/t14-,15-,16-,17-,18-,19-/m0/s1. The summed E-state index contributed by atoms with van der Waals surface area (Å²) in [4.78, 5) is 11.7. The number of hydrogen-bond acceptors (Lipinski definition) is 2. The molecular weight excluding hydrogens is 260 g/mol. The monoisotopic (exact) mass is 284 g/mol. The molecule has 0 aromatic heterocycles. The van der Waals surface area contributed by atoms with Crippen LogP contribution in [0.1, 0.15) is 39.5 Å². The molecule has 4 aliphatic carbocycles. The Labute approximate surface area is 126 Å². The zero-order valence-electron chi connectivity index (χ0n) is 12.9. The van der Waals surface area contributed by atoms with Gasteiger partial charge in [-0.15, -0.1) is 0 Å². The van der Waals surface area contributed by atoms with Crippen molar-refractivity contribution in [1.29, 1.82) is 0 Å². The largest absolute Gasteiger partial charge is 0.388 e. The number of carbonyl (C=O) groups is 1. The van der Waals surface area contributed by atoms with Gasteiger partial charge in [0.2, 0.25) is 0 Å². The van der Waals surface area contributed by atoms with Gasteiger partial charge in [-0.2, -0.15) is 0 Å². The van der Waals surface area contributed by atoms with Gasteiger partial charge in [0.25, 0.3) is 0 Å². The minimum atomic E-state index is -0.297. The molecule has 1 fully saturated rings. The van der Waals surface area contributed by atoms with Crippen molar-refractivity contribution >= 4 is 5.78 Å². The van der Waals surface area contributed by atoms with Crippen LogP contribution in [-0.2, 0) is 4.79 Å². The minimum absolute atomic E-state index is 0.00751. The van der Waals surface area contributed by atoms with Crippen LogP contribution in [0.2, 0.25) is 0 Å². The first-order chi connectivity index (χ1) is 9.95. The van der Waals surface area contributed by atoms with E-state index in [1.54, 1.807) is 0 Å². The highest BCUT2D eigenvalue weighted by Crippen LogP contribution is 2.61. The maximum Gasteiger partial charge on any atom is 0.156 e. The van der Waals surface area contributed by atoms with Gasteiger partial charge in [0, 0.05) is 11.8 Å². The first-order valence-corrected chi connectivity index (χ1v) is 8.25. The Bertz CT molecular complexity index is 584. The fraction of sp³-hybridized carbons (Fsp3) is 0.632. The topological polar surface area (TPSA) is 37.3 Å². The molecule has 0 unspecified atom stereocenters. The maximum atomic E-state index is 11.7. The summed E-state index contributed by atoms with van der Waals surface area (Å²) in [5, 5.41) is 10.3. The molecule has 4 aliphatic rings. The summed E-state index contributed by atoms with van der Waals surface area (Å²) < 4.78 is 0. The zero-order valence-corrected chi connectivity index (χ0v) is 12.9. The van der Waals surface area contributed by atoms with Crippen LogP contribution in [0.15, 0.2) is 36.0 Å². The normalized spacial score (nSPS) is 51.2. The summed E-state index contributed by atoms with van der Waals surface area (Å²) in [7, 11) is 0. The van der Waals surface area contributed by atoms with Gasteiger partial charge in [-0.1, -0.05) is 38.2 Å². The molecule has 0 aromatic carbocycles. The van der Waals surface area contributed by atoms with E-state index in [4.69, 9.17) is 0 Å². The first-order valence-electron chi connectivity index (χ1n) is 8.25. The van der Waals surface area contributed by atoms with Crippen LogP contribution in [0.4, 0.5) is 0 Å².